The average molecular weight is 352 g/mol. The molecular formula is C18H20N6O2. The number of nitrogens with zero attached hydrogens (tertiary/aromatic N) is 4. The van der Waals surface area contributed by atoms with Crippen molar-refractivity contribution >= 4 is 23.6 Å². The van der Waals surface area contributed by atoms with Gasteiger partial charge in [0.25, 0.3) is 0 Å². The van der Waals surface area contributed by atoms with Gasteiger partial charge in [-0.05, 0) is 31.9 Å². The van der Waals surface area contributed by atoms with Crippen LogP contribution in [0.15, 0.2) is 18.3 Å². The zero-order chi connectivity index (χ0) is 18.7. The minimum atomic E-state index is -0.751. The third-order valence-electron chi connectivity index (χ3n) is 4.35. The van der Waals surface area contributed by atoms with E-state index in [2.05, 4.69) is 26.8 Å². The molecule has 8 nitrogen and oxygen atoms in total. The van der Waals surface area contributed by atoms with Gasteiger partial charge in [-0.3, -0.25) is 4.79 Å². The van der Waals surface area contributed by atoms with Crippen molar-refractivity contribution in [2.45, 2.75) is 19.8 Å². The summed E-state index contributed by atoms with van der Waals surface area (Å²) in [6.07, 6.45) is 2.73. The lowest BCUT2D eigenvalue weighted by Crippen LogP contribution is -2.37. The highest BCUT2D eigenvalue weighted by atomic mass is 16.4. The molecule has 26 heavy (non-hydrogen) atoms. The molecule has 0 atom stereocenters. The van der Waals surface area contributed by atoms with Crippen molar-refractivity contribution in [3.8, 4) is 11.8 Å². The Hall–Kier alpha value is -3.34. The summed E-state index contributed by atoms with van der Waals surface area (Å²) in [7, 11) is 0. The molecule has 3 rings (SSSR count). The fourth-order valence-electron chi connectivity index (χ4n) is 2.91. The van der Waals surface area contributed by atoms with Gasteiger partial charge in [0.05, 0.1) is 17.2 Å². The summed E-state index contributed by atoms with van der Waals surface area (Å²) in [5.74, 6) is 6.34. The van der Waals surface area contributed by atoms with Gasteiger partial charge in [-0.2, -0.15) is 4.98 Å². The van der Waals surface area contributed by atoms with Crippen molar-refractivity contribution < 1.29 is 9.90 Å². The molecule has 5 N–H and O–H groups in total. The number of carboxylic acids is 1. The molecule has 0 unspecified atom stereocenters. The number of aromatic nitrogens is 3. The van der Waals surface area contributed by atoms with E-state index in [-0.39, 0.29) is 11.9 Å². The number of carbonyl (C=O) groups is 1. The van der Waals surface area contributed by atoms with Gasteiger partial charge < -0.3 is 21.5 Å². The molecule has 2 aromatic heterocycles. The van der Waals surface area contributed by atoms with Crippen molar-refractivity contribution in [1.29, 1.82) is 0 Å². The molecule has 0 aromatic carbocycles. The maximum atomic E-state index is 11.2. The fourth-order valence-corrected chi connectivity index (χ4v) is 2.91. The first-order chi connectivity index (χ1) is 12.4. The molecule has 0 aliphatic carbocycles. The third-order valence-corrected chi connectivity index (χ3v) is 4.35. The number of nitrogen functional groups attached to an aromatic ring is 2. The monoisotopic (exact) mass is 352 g/mol. The molecule has 0 spiro atoms. The Labute approximate surface area is 151 Å². The van der Waals surface area contributed by atoms with E-state index in [1.165, 1.54) is 0 Å². The van der Waals surface area contributed by atoms with E-state index >= 15 is 0 Å². The minimum Gasteiger partial charge on any atom is -0.481 e. The number of rotatable bonds is 2. The van der Waals surface area contributed by atoms with Crippen LogP contribution in [0, 0.1) is 24.7 Å². The summed E-state index contributed by atoms with van der Waals surface area (Å²) < 4.78 is 0. The predicted octanol–water partition coefficient (Wildman–Crippen LogP) is 1.05. The number of aliphatic carboxylic acids is 1. The molecule has 3 heterocycles. The van der Waals surface area contributed by atoms with Crippen molar-refractivity contribution in [2.24, 2.45) is 5.92 Å². The Kier molecular flexibility index (Phi) is 4.89. The molecule has 1 aliphatic heterocycles. The number of nitrogens with two attached hydrogens (primary N) is 2. The molecule has 1 fully saturated rings. The van der Waals surface area contributed by atoms with Gasteiger partial charge in [-0.15, -0.1) is 0 Å². The van der Waals surface area contributed by atoms with Crippen LogP contribution in [0.5, 0.6) is 0 Å². The van der Waals surface area contributed by atoms with Crippen LogP contribution in [-0.4, -0.2) is 39.1 Å². The van der Waals surface area contributed by atoms with Gasteiger partial charge >= 0.3 is 5.97 Å². The lowest BCUT2D eigenvalue weighted by Gasteiger charge is -2.31. The molecule has 134 valence electrons. The summed E-state index contributed by atoms with van der Waals surface area (Å²) >= 11 is 0. The number of aryl methyl sites for hydroxylation is 1. The van der Waals surface area contributed by atoms with Gasteiger partial charge in [-0.25, -0.2) is 9.97 Å². The number of hydrogen-bond donors (Lipinski definition) is 3. The lowest BCUT2D eigenvalue weighted by atomic mass is 9.97. The number of carboxylic acid groups (broad SMARTS) is 1. The van der Waals surface area contributed by atoms with E-state index in [0.717, 1.165) is 5.56 Å². The quantitative estimate of drug-likeness (QED) is 0.683. The SMILES string of the molecule is Cc1nc(N)nc(N2CCC(C(=O)O)CC2)c1C#Cc1ccc(N)nc1. The topological polar surface area (TPSA) is 131 Å². The van der Waals surface area contributed by atoms with E-state index in [1.54, 1.807) is 18.3 Å². The van der Waals surface area contributed by atoms with Crippen LogP contribution in [0.1, 0.15) is 29.7 Å². The summed E-state index contributed by atoms with van der Waals surface area (Å²) in [5.41, 5.74) is 13.5. The second-order valence-corrected chi connectivity index (χ2v) is 6.19. The third kappa shape index (κ3) is 3.83. The summed E-state index contributed by atoms with van der Waals surface area (Å²) in [5, 5.41) is 9.17. The zero-order valence-electron chi connectivity index (χ0n) is 14.4. The van der Waals surface area contributed by atoms with E-state index < -0.39 is 5.97 Å². The standard InChI is InChI=1S/C18H20N6O2/c1-11-14(4-2-12-3-5-15(19)21-10-12)16(23-18(20)22-11)24-8-6-13(7-9-24)17(25)26/h3,5,10,13H,6-9H2,1H3,(H2,19,21)(H,25,26)(H2,20,22,23). The van der Waals surface area contributed by atoms with Crippen molar-refractivity contribution in [1.82, 2.24) is 15.0 Å². The van der Waals surface area contributed by atoms with Crippen LogP contribution in [0.25, 0.3) is 0 Å². The van der Waals surface area contributed by atoms with Crippen LogP contribution in [0.4, 0.5) is 17.6 Å². The van der Waals surface area contributed by atoms with Crippen molar-refractivity contribution in [3.05, 3.63) is 35.2 Å². The highest BCUT2D eigenvalue weighted by Crippen LogP contribution is 2.26. The molecule has 0 saturated carbocycles. The molecule has 1 aliphatic rings. The van der Waals surface area contributed by atoms with Crippen molar-refractivity contribution in [2.75, 3.05) is 29.5 Å². The predicted molar refractivity (Wildman–Crippen MR) is 98.4 cm³/mol. The Morgan fingerprint density at radius 1 is 1.23 bits per heavy atom. The van der Waals surface area contributed by atoms with Gasteiger partial charge in [-0.1, -0.05) is 11.8 Å². The Morgan fingerprint density at radius 2 is 1.96 bits per heavy atom. The molecule has 8 heteroatoms. The highest BCUT2D eigenvalue weighted by Gasteiger charge is 2.27. The first kappa shape index (κ1) is 17.5. The zero-order valence-corrected chi connectivity index (χ0v) is 14.4. The molecule has 1 saturated heterocycles. The molecular weight excluding hydrogens is 332 g/mol. The number of anilines is 3. The van der Waals surface area contributed by atoms with Crippen LogP contribution >= 0.6 is 0 Å². The van der Waals surface area contributed by atoms with Gasteiger partial charge in [0.1, 0.15) is 11.6 Å². The Balaban J connectivity index is 1.91. The Morgan fingerprint density at radius 3 is 2.58 bits per heavy atom. The van der Waals surface area contributed by atoms with E-state index in [1.807, 2.05) is 11.8 Å². The summed E-state index contributed by atoms with van der Waals surface area (Å²) in [6.45, 7) is 3.01. The van der Waals surface area contributed by atoms with E-state index in [0.29, 0.717) is 48.8 Å². The normalized spacial score (nSPS) is 14.6. The average Bonchev–Trinajstić information content (AvgIpc) is 2.62. The van der Waals surface area contributed by atoms with E-state index in [4.69, 9.17) is 16.6 Å². The first-order valence-corrected chi connectivity index (χ1v) is 8.29. The van der Waals surface area contributed by atoms with Crippen LogP contribution in [-0.2, 0) is 4.79 Å². The van der Waals surface area contributed by atoms with Crippen LogP contribution in [0.3, 0.4) is 0 Å². The summed E-state index contributed by atoms with van der Waals surface area (Å²) in [4.78, 5) is 25.8. The Bertz CT molecular complexity index is 877. The number of pyridine rings is 1. The maximum Gasteiger partial charge on any atom is 0.306 e. The van der Waals surface area contributed by atoms with Crippen LogP contribution < -0.4 is 16.4 Å². The molecule has 0 bridgehead atoms. The lowest BCUT2D eigenvalue weighted by molar-refractivity contribution is -0.142. The smallest absolute Gasteiger partial charge is 0.306 e. The highest BCUT2D eigenvalue weighted by molar-refractivity contribution is 5.70. The van der Waals surface area contributed by atoms with Gasteiger partial charge in [0, 0.05) is 24.8 Å². The largest absolute Gasteiger partial charge is 0.481 e. The second kappa shape index (κ2) is 7.27. The molecule has 2 aromatic rings. The minimum absolute atomic E-state index is 0.178. The first-order valence-electron chi connectivity index (χ1n) is 8.29. The van der Waals surface area contributed by atoms with Crippen LogP contribution in [0.2, 0.25) is 0 Å². The fraction of sp³-hybridized carbons (Fsp3) is 0.333. The number of hydrogen-bond acceptors (Lipinski definition) is 7. The maximum absolute atomic E-state index is 11.2. The van der Waals surface area contributed by atoms with Crippen molar-refractivity contribution in [3.63, 3.8) is 0 Å². The van der Waals surface area contributed by atoms with Gasteiger partial charge in [0.2, 0.25) is 5.95 Å². The molecule has 0 amide bonds. The summed E-state index contributed by atoms with van der Waals surface area (Å²) in [6, 6.07) is 3.48. The van der Waals surface area contributed by atoms with Gasteiger partial charge in [0.15, 0.2) is 0 Å². The second-order valence-electron chi connectivity index (χ2n) is 6.19. The molecule has 0 radical (unpaired) electrons. The van der Waals surface area contributed by atoms with E-state index in [9.17, 15) is 4.79 Å². The number of piperidine rings is 1.